The molecule has 0 bridgehead atoms. The molecular formula is C30H33N5O4. The number of anilines is 2. The quantitative estimate of drug-likeness (QED) is 0.393. The zero-order valence-corrected chi connectivity index (χ0v) is 22.4. The largest absolute Gasteiger partial charge is 0.457 e. The lowest BCUT2D eigenvalue weighted by atomic mass is 10.0. The van der Waals surface area contributed by atoms with Crippen molar-refractivity contribution in [2.24, 2.45) is 0 Å². The summed E-state index contributed by atoms with van der Waals surface area (Å²) in [4.78, 5) is 31.7. The summed E-state index contributed by atoms with van der Waals surface area (Å²) in [5.41, 5.74) is 1.02. The molecule has 9 nitrogen and oxygen atoms in total. The number of benzene rings is 2. The van der Waals surface area contributed by atoms with Crippen LogP contribution in [0.1, 0.15) is 39.2 Å². The minimum Gasteiger partial charge on any atom is -0.457 e. The number of nitriles is 1. The number of alkyl carbamates (subject to hydrolysis) is 1. The average Bonchev–Trinajstić information content (AvgIpc) is 3.39. The smallest absolute Gasteiger partial charge is 0.408 e. The first-order valence-corrected chi connectivity index (χ1v) is 12.9. The lowest BCUT2D eigenvalue weighted by Gasteiger charge is -2.27. The molecule has 1 aliphatic rings. The Morgan fingerprint density at radius 3 is 2.38 bits per heavy atom. The first-order chi connectivity index (χ1) is 18.7. The summed E-state index contributed by atoms with van der Waals surface area (Å²) in [5.74, 6) is 1.78. The van der Waals surface area contributed by atoms with Gasteiger partial charge in [-0.05, 0) is 87.7 Å². The lowest BCUT2D eigenvalue weighted by molar-refractivity contribution is -0.133. The number of aromatic nitrogens is 1. The van der Waals surface area contributed by atoms with Crippen molar-refractivity contribution in [1.82, 2.24) is 15.2 Å². The van der Waals surface area contributed by atoms with E-state index in [1.165, 1.54) is 0 Å². The number of pyridine rings is 1. The molecule has 2 aromatic carbocycles. The maximum Gasteiger partial charge on any atom is 0.408 e. The van der Waals surface area contributed by atoms with Crippen LogP contribution in [0.2, 0.25) is 0 Å². The van der Waals surface area contributed by atoms with Crippen LogP contribution in [0.4, 0.5) is 16.3 Å². The number of likely N-dealkylation sites (tertiary alicyclic amines) is 1. The molecule has 4 rings (SSSR count). The van der Waals surface area contributed by atoms with Gasteiger partial charge in [-0.1, -0.05) is 18.2 Å². The average molecular weight is 528 g/mol. The highest BCUT2D eigenvalue weighted by Gasteiger charge is 2.34. The van der Waals surface area contributed by atoms with Crippen LogP contribution in [0.3, 0.4) is 0 Å². The van der Waals surface area contributed by atoms with Gasteiger partial charge >= 0.3 is 6.09 Å². The number of amides is 2. The third-order valence-corrected chi connectivity index (χ3v) is 6.06. The number of rotatable bonds is 8. The number of hydrogen-bond donors (Lipinski definition) is 2. The van der Waals surface area contributed by atoms with Crippen molar-refractivity contribution in [3.63, 3.8) is 0 Å². The number of carbonyl (C=O) groups excluding carboxylic acids is 2. The van der Waals surface area contributed by atoms with Gasteiger partial charge in [-0.15, -0.1) is 0 Å². The molecule has 9 heteroatoms. The highest BCUT2D eigenvalue weighted by atomic mass is 16.6. The molecular weight excluding hydrogens is 494 g/mol. The van der Waals surface area contributed by atoms with E-state index >= 15 is 0 Å². The van der Waals surface area contributed by atoms with E-state index in [4.69, 9.17) is 9.47 Å². The molecule has 0 spiro atoms. The molecule has 2 atom stereocenters. The van der Waals surface area contributed by atoms with Gasteiger partial charge < -0.3 is 25.0 Å². The Hall–Kier alpha value is -4.58. The first kappa shape index (κ1) is 27.5. The highest BCUT2D eigenvalue weighted by molar-refractivity contribution is 5.86. The zero-order chi connectivity index (χ0) is 27.8. The molecule has 1 aliphatic heterocycles. The zero-order valence-electron chi connectivity index (χ0n) is 22.4. The molecule has 39 heavy (non-hydrogen) atoms. The van der Waals surface area contributed by atoms with Crippen LogP contribution in [0.15, 0.2) is 72.9 Å². The highest BCUT2D eigenvalue weighted by Crippen LogP contribution is 2.25. The molecule has 2 N–H and O–H groups in total. The number of ether oxygens (including phenoxy) is 2. The van der Waals surface area contributed by atoms with Gasteiger partial charge in [0.15, 0.2) is 0 Å². The number of nitrogens with one attached hydrogen (secondary N) is 2. The maximum absolute atomic E-state index is 13.3. The van der Waals surface area contributed by atoms with Crippen LogP contribution < -0.4 is 15.4 Å². The second-order valence-electron chi connectivity index (χ2n) is 10.3. The predicted octanol–water partition coefficient (Wildman–Crippen LogP) is 5.57. The van der Waals surface area contributed by atoms with Crippen LogP contribution in [-0.2, 0) is 16.0 Å². The summed E-state index contributed by atoms with van der Waals surface area (Å²) in [6, 6.07) is 21.4. The van der Waals surface area contributed by atoms with Gasteiger partial charge in [0.2, 0.25) is 5.91 Å². The number of nitrogens with zero attached hydrogens (tertiary/aromatic N) is 3. The molecule has 0 aliphatic carbocycles. The Bertz CT molecular complexity index is 1300. The van der Waals surface area contributed by atoms with E-state index in [0.29, 0.717) is 24.5 Å². The monoisotopic (exact) mass is 527 g/mol. The summed E-state index contributed by atoms with van der Waals surface area (Å²) in [5, 5.41) is 15.4. The summed E-state index contributed by atoms with van der Waals surface area (Å²) in [7, 11) is 0. The topological polar surface area (TPSA) is 117 Å². The normalized spacial score (nSPS) is 15.6. The second-order valence-corrected chi connectivity index (χ2v) is 10.3. The van der Waals surface area contributed by atoms with Gasteiger partial charge in [-0.3, -0.25) is 4.79 Å². The van der Waals surface area contributed by atoms with Crippen LogP contribution in [0.5, 0.6) is 11.5 Å². The first-order valence-electron chi connectivity index (χ1n) is 12.9. The molecule has 0 unspecified atom stereocenters. The van der Waals surface area contributed by atoms with Gasteiger partial charge in [0, 0.05) is 24.8 Å². The molecule has 1 aromatic heterocycles. The van der Waals surface area contributed by atoms with Gasteiger partial charge in [0.25, 0.3) is 0 Å². The molecule has 202 valence electrons. The van der Waals surface area contributed by atoms with Crippen molar-refractivity contribution in [1.29, 1.82) is 5.26 Å². The molecule has 0 saturated carbocycles. The van der Waals surface area contributed by atoms with E-state index in [2.05, 4.69) is 21.7 Å². The summed E-state index contributed by atoms with van der Waals surface area (Å²) < 4.78 is 11.4. The Kier molecular flexibility index (Phi) is 8.67. The fraction of sp³-hybridized carbons (Fsp3) is 0.333. The Morgan fingerprint density at radius 2 is 1.77 bits per heavy atom. The maximum atomic E-state index is 13.3. The van der Waals surface area contributed by atoms with Gasteiger partial charge in [0.1, 0.15) is 35.0 Å². The van der Waals surface area contributed by atoms with Crippen LogP contribution >= 0.6 is 0 Å². The van der Waals surface area contributed by atoms with Crippen molar-refractivity contribution in [3.8, 4) is 17.6 Å². The minimum atomic E-state index is -0.861. The SMILES string of the molecule is CC(C)(C)OC(=O)N[C@@H](Cc1ccc(Oc2ccc(Nc3ccccn3)cc2)cc1)C(=O)N1CCC[C@H]1C#N. The third-order valence-electron chi connectivity index (χ3n) is 6.06. The molecule has 1 fully saturated rings. The van der Waals surface area contributed by atoms with Crippen molar-refractivity contribution in [2.75, 3.05) is 11.9 Å². The molecule has 1 saturated heterocycles. The second kappa shape index (κ2) is 12.3. The van der Waals surface area contributed by atoms with Gasteiger partial charge in [0.05, 0.1) is 6.07 Å². The van der Waals surface area contributed by atoms with Crippen LogP contribution in [0.25, 0.3) is 0 Å². The summed E-state index contributed by atoms with van der Waals surface area (Å²) in [6.45, 7) is 5.78. The molecule has 2 heterocycles. The molecule has 0 radical (unpaired) electrons. The fourth-order valence-corrected chi connectivity index (χ4v) is 4.27. The van der Waals surface area contributed by atoms with E-state index in [1.807, 2.05) is 66.7 Å². The summed E-state index contributed by atoms with van der Waals surface area (Å²) >= 11 is 0. The lowest BCUT2D eigenvalue weighted by Crippen LogP contribution is -2.51. The third kappa shape index (κ3) is 7.95. The Morgan fingerprint density at radius 1 is 1.08 bits per heavy atom. The van der Waals surface area contributed by atoms with Crippen LogP contribution in [0, 0.1) is 11.3 Å². The molecule has 3 aromatic rings. The Labute approximate surface area is 228 Å². The van der Waals surface area contributed by atoms with E-state index < -0.39 is 23.8 Å². The van der Waals surface area contributed by atoms with E-state index in [1.54, 1.807) is 31.9 Å². The van der Waals surface area contributed by atoms with E-state index in [0.717, 1.165) is 23.5 Å². The van der Waals surface area contributed by atoms with Crippen molar-refractivity contribution in [3.05, 3.63) is 78.5 Å². The van der Waals surface area contributed by atoms with Gasteiger partial charge in [-0.2, -0.15) is 5.26 Å². The fourth-order valence-electron chi connectivity index (χ4n) is 4.27. The van der Waals surface area contributed by atoms with E-state index in [-0.39, 0.29) is 12.3 Å². The predicted molar refractivity (Wildman–Crippen MR) is 148 cm³/mol. The summed E-state index contributed by atoms with van der Waals surface area (Å²) in [6.07, 6.45) is 2.70. The van der Waals surface area contributed by atoms with E-state index in [9.17, 15) is 14.9 Å². The number of carbonyl (C=O) groups is 2. The minimum absolute atomic E-state index is 0.251. The van der Waals surface area contributed by atoms with Crippen molar-refractivity contribution >= 4 is 23.5 Å². The van der Waals surface area contributed by atoms with Crippen molar-refractivity contribution in [2.45, 2.75) is 57.7 Å². The van der Waals surface area contributed by atoms with Crippen molar-refractivity contribution < 1.29 is 19.1 Å². The Balaban J connectivity index is 1.41. The standard InChI is InChI=1S/C30H33N5O4/c1-30(2,3)39-29(37)34-26(28(36)35-18-6-7-23(35)20-31)19-21-9-13-24(14-10-21)38-25-15-11-22(12-16-25)33-27-8-4-5-17-32-27/h4-5,8-17,23,26H,6-7,18-19H2,1-3H3,(H,32,33)(H,34,37)/t23-,26-/m0/s1. The molecule has 2 amide bonds. The van der Waals surface area contributed by atoms with Crippen LogP contribution in [-0.4, -0.2) is 46.1 Å². The number of hydrogen-bond acceptors (Lipinski definition) is 7. The van der Waals surface area contributed by atoms with Gasteiger partial charge in [-0.25, -0.2) is 9.78 Å².